The van der Waals surface area contributed by atoms with E-state index in [4.69, 9.17) is 4.74 Å². The van der Waals surface area contributed by atoms with Crippen LogP contribution >= 0.6 is 0 Å². The van der Waals surface area contributed by atoms with E-state index in [1.807, 2.05) is 0 Å². The average Bonchev–Trinajstić information content (AvgIpc) is 2.38. The highest BCUT2D eigenvalue weighted by molar-refractivity contribution is 7.87. The molecular formula is C12H27N3O3S. The van der Waals surface area contributed by atoms with Gasteiger partial charge in [0.1, 0.15) is 0 Å². The van der Waals surface area contributed by atoms with Crippen LogP contribution in [0.3, 0.4) is 0 Å². The topological polar surface area (TPSA) is 79.5 Å². The molecule has 1 aliphatic rings. The van der Waals surface area contributed by atoms with E-state index in [9.17, 15) is 8.42 Å². The molecule has 1 rings (SSSR count). The lowest BCUT2D eigenvalue weighted by atomic mass is 9.92. The summed E-state index contributed by atoms with van der Waals surface area (Å²) in [7, 11) is -1.84. The molecule has 0 aromatic carbocycles. The average molecular weight is 293 g/mol. The molecule has 0 bridgehead atoms. The molecule has 0 amide bonds. The van der Waals surface area contributed by atoms with Gasteiger partial charge >= 0.3 is 0 Å². The molecule has 0 heterocycles. The maximum absolute atomic E-state index is 11.7. The van der Waals surface area contributed by atoms with E-state index in [1.165, 1.54) is 0 Å². The van der Waals surface area contributed by atoms with Crippen LogP contribution in [0.1, 0.15) is 39.0 Å². The van der Waals surface area contributed by atoms with Crippen molar-refractivity contribution >= 4 is 10.2 Å². The Labute approximate surface area is 116 Å². The first kappa shape index (κ1) is 16.8. The van der Waals surface area contributed by atoms with Gasteiger partial charge in [-0.1, -0.05) is 6.92 Å². The van der Waals surface area contributed by atoms with Crippen molar-refractivity contribution in [2.75, 3.05) is 26.8 Å². The summed E-state index contributed by atoms with van der Waals surface area (Å²) in [4.78, 5) is 0. The van der Waals surface area contributed by atoms with E-state index in [2.05, 4.69) is 21.7 Å². The summed E-state index contributed by atoms with van der Waals surface area (Å²) in [5, 5.41) is 3.49. The molecule has 6 nitrogen and oxygen atoms in total. The quantitative estimate of drug-likeness (QED) is 0.537. The fraction of sp³-hybridized carbons (Fsp3) is 1.00. The summed E-state index contributed by atoms with van der Waals surface area (Å²) >= 11 is 0. The zero-order valence-corrected chi connectivity index (χ0v) is 12.8. The molecule has 0 radical (unpaired) electrons. The Bertz CT molecular complexity index is 327. The minimum Gasteiger partial charge on any atom is -0.383 e. The van der Waals surface area contributed by atoms with Crippen LogP contribution in [0.4, 0.5) is 0 Å². The minimum absolute atomic E-state index is 0.0553. The van der Waals surface area contributed by atoms with E-state index in [0.29, 0.717) is 19.2 Å². The lowest BCUT2D eigenvalue weighted by Crippen LogP contribution is -2.46. The summed E-state index contributed by atoms with van der Waals surface area (Å²) in [5.41, 5.74) is 0. The SMILES string of the molecule is CCCNC1CCC(NS(=O)(=O)NCCOC)CC1. The van der Waals surface area contributed by atoms with E-state index < -0.39 is 10.2 Å². The summed E-state index contributed by atoms with van der Waals surface area (Å²) < 4.78 is 33.5. The van der Waals surface area contributed by atoms with Crippen molar-refractivity contribution in [2.45, 2.75) is 51.1 Å². The fourth-order valence-corrected chi connectivity index (χ4v) is 3.41. The maximum Gasteiger partial charge on any atom is 0.277 e. The smallest absolute Gasteiger partial charge is 0.277 e. The summed E-state index contributed by atoms with van der Waals surface area (Å²) in [6, 6.07) is 0.599. The molecule has 0 unspecified atom stereocenters. The van der Waals surface area contributed by atoms with Gasteiger partial charge in [-0.15, -0.1) is 0 Å². The van der Waals surface area contributed by atoms with Gasteiger partial charge in [0, 0.05) is 25.7 Å². The predicted octanol–water partition coefficient (Wildman–Crippen LogP) is 0.368. The van der Waals surface area contributed by atoms with Crippen molar-refractivity contribution in [1.82, 2.24) is 14.8 Å². The summed E-state index contributed by atoms with van der Waals surface area (Å²) in [6.45, 7) is 3.88. The van der Waals surface area contributed by atoms with Gasteiger partial charge < -0.3 is 10.1 Å². The third-order valence-electron chi connectivity index (χ3n) is 3.33. The first-order valence-electron chi connectivity index (χ1n) is 7.06. The largest absolute Gasteiger partial charge is 0.383 e. The van der Waals surface area contributed by atoms with Gasteiger partial charge in [-0.05, 0) is 38.6 Å². The Balaban J connectivity index is 2.24. The third-order valence-corrected chi connectivity index (χ3v) is 4.56. The van der Waals surface area contributed by atoms with Crippen molar-refractivity contribution in [3.8, 4) is 0 Å². The van der Waals surface area contributed by atoms with Crippen LogP contribution in [0.5, 0.6) is 0 Å². The van der Waals surface area contributed by atoms with Gasteiger partial charge in [-0.25, -0.2) is 0 Å². The van der Waals surface area contributed by atoms with Crippen molar-refractivity contribution in [3.63, 3.8) is 0 Å². The highest BCUT2D eigenvalue weighted by atomic mass is 32.2. The first-order valence-corrected chi connectivity index (χ1v) is 8.55. The first-order chi connectivity index (χ1) is 9.07. The monoisotopic (exact) mass is 293 g/mol. The molecule has 0 aliphatic heterocycles. The van der Waals surface area contributed by atoms with Crippen LogP contribution in [0.15, 0.2) is 0 Å². The summed E-state index contributed by atoms with van der Waals surface area (Å²) in [5.74, 6) is 0. The molecule has 0 saturated heterocycles. The highest BCUT2D eigenvalue weighted by Gasteiger charge is 2.24. The van der Waals surface area contributed by atoms with Crippen molar-refractivity contribution in [3.05, 3.63) is 0 Å². The van der Waals surface area contributed by atoms with Gasteiger partial charge in [-0.2, -0.15) is 17.9 Å². The molecule has 1 fully saturated rings. The minimum atomic E-state index is -3.39. The third kappa shape index (κ3) is 7.22. The van der Waals surface area contributed by atoms with Crippen LogP contribution in [0.25, 0.3) is 0 Å². The van der Waals surface area contributed by atoms with Gasteiger partial charge in [0.15, 0.2) is 0 Å². The normalized spacial score (nSPS) is 24.5. The second-order valence-corrected chi connectivity index (χ2v) is 6.54. The lowest BCUT2D eigenvalue weighted by Gasteiger charge is -2.29. The number of ether oxygens (including phenoxy) is 1. The Morgan fingerprint density at radius 3 is 2.32 bits per heavy atom. The summed E-state index contributed by atoms with van der Waals surface area (Å²) in [6.07, 6.45) is 4.99. The van der Waals surface area contributed by atoms with Gasteiger partial charge in [0.05, 0.1) is 6.61 Å². The Morgan fingerprint density at radius 1 is 1.11 bits per heavy atom. The molecule has 1 saturated carbocycles. The zero-order chi connectivity index (χ0) is 14.1. The Morgan fingerprint density at radius 2 is 1.74 bits per heavy atom. The van der Waals surface area contributed by atoms with E-state index in [-0.39, 0.29) is 6.04 Å². The molecular weight excluding hydrogens is 266 g/mol. The predicted molar refractivity (Wildman–Crippen MR) is 76.3 cm³/mol. The number of methoxy groups -OCH3 is 1. The van der Waals surface area contributed by atoms with E-state index in [1.54, 1.807) is 7.11 Å². The standard InChI is InChI=1S/C12H27N3O3S/c1-3-8-13-11-4-6-12(7-5-11)15-19(16,17)14-9-10-18-2/h11-15H,3-10H2,1-2H3. The molecule has 114 valence electrons. The molecule has 0 spiro atoms. The second kappa shape index (κ2) is 8.86. The van der Waals surface area contributed by atoms with E-state index in [0.717, 1.165) is 38.6 Å². The second-order valence-electron chi connectivity index (χ2n) is 5.01. The van der Waals surface area contributed by atoms with Crippen LogP contribution in [-0.2, 0) is 14.9 Å². The molecule has 19 heavy (non-hydrogen) atoms. The molecule has 3 N–H and O–H groups in total. The van der Waals surface area contributed by atoms with Crippen molar-refractivity contribution in [2.24, 2.45) is 0 Å². The number of rotatable bonds is 9. The zero-order valence-electron chi connectivity index (χ0n) is 11.9. The highest BCUT2D eigenvalue weighted by Crippen LogP contribution is 2.19. The lowest BCUT2D eigenvalue weighted by molar-refractivity contribution is 0.204. The van der Waals surface area contributed by atoms with Crippen LogP contribution in [-0.4, -0.2) is 47.3 Å². The molecule has 1 aliphatic carbocycles. The molecule has 0 aromatic heterocycles. The number of hydrogen-bond donors (Lipinski definition) is 3. The molecule has 0 atom stereocenters. The Hall–Kier alpha value is -0.210. The molecule has 7 heteroatoms. The number of hydrogen-bond acceptors (Lipinski definition) is 4. The van der Waals surface area contributed by atoms with Crippen molar-refractivity contribution < 1.29 is 13.2 Å². The van der Waals surface area contributed by atoms with E-state index >= 15 is 0 Å². The van der Waals surface area contributed by atoms with Crippen LogP contribution in [0, 0.1) is 0 Å². The molecule has 0 aromatic rings. The van der Waals surface area contributed by atoms with Gasteiger partial charge in [0.2, 0.25) is 0 Å². The van der Waals surface area contributed by atoms with Crippen LogP contribution < -0.4 is 14.8 Å². The van der Waals surface area contributed by atoms with Gasteiger partial charge in [0.25, 0.3) is 10.2 Å². The Kier molecular flexibility index (Phi) is 7.86. The van der Waals surface area contributed by atoms with Gasteiger partial charge in [-0.3, -0.25) is 0 Å². The maximum atomic E-state index is 11.7. The van der Waals surface area contributed by atoms with Crippen LogP contribution in [0.2, 0.25) is 0 Å². The number of nitrogens with one attached hydrogen (secondary N) is 3. The van der Waals surface area contributed by atoms with Crippen molar-refractivity contribution in [1.29, 1.82) is 0 Å². The fourth-order valence-electron chi connectivity index (χ4n) is 2.30.